The van der Waals surface area contributed by atoms with Crippen molar-refractivity contribution in [3.63, 3.8) is 0 Å². The van der Waals surface area contributed by atoms with E-state index in [1.165, 1.54) is 7.11 Å². The number of methoxy groups -OCH3 is 1. The number of rotatable bonds is 4. The van der Waals surface area contributed by atoms with Gasteiger partial charge in [0.2, 0.25) is 5.91 Å². The van der Waals surface area contributed by atoms with Crippen molar-refractivity contribution in [2.45, 2.75) is 45.1 Å². The van der Waals surface area contributed by atoms with Crippen molar-refractivity contribution in [1.82, 2.24) is 20.1 Å². The average Bonchev–Trinajstić information content (AvgIpc) is 3.39. The van der Waals surface area contributed by atoms with E-state index in [0.29, 0.717) is 13.0 Å². The van der Waals surface area contributed by atoms with Crippen molar-refractivity contribution in [3.05, 3.63) is 23.5 Å². The second kappa shape index (κ2) is 8.29. The Morgan fingerprint density at radius 1 is 1.23 bits per heavy atom. The number of ether oxygens (including phenoxy) is 1. The minimum absolute atomic E-state index is 0.0752. The smallest absolute Gasteiger partial charge is 0.331 e. The molecule has 30 heavy (non-hydrogen) atoms. The lowest BCUT2D eigenvalue weighted by molar-refractivity contribution is -0.159. The maximum absolute atomic E-state index is 13.2. The summed E-state index contributed by atoms with van der Waals surface area (Å²) in [5, 5.41) is 10.2. The molecule has 2 saturated heterocycles. The third kappa shape index (κ3) is 3.66. The van der Waals surface area contributed by atoms with Crippen LogP contribution in [0.2, 0.25) is 0 Å². The van der Waals surface area contributed by atoms with Crippen LogP contribution in [0.1, 0.15) is 37.6 Å². The Hall–Kier alpha value is -2.55. The Morgan fingerprint density at radius 3 is 2.67 bits per heavy atom. The number of likely N-dealkylation sites (tertiary alicyclic amines) is 1. The fraction of sp³-hybridized carbons (Fsp3) is 0.571. The van der Waals surface area contributed by atoms with Crippen LogP contribution in [0.15, 0.2) is 18.5 Å². The summed E-state index contributed by atoms with van der Waals surface area (Å²) in [6.07, 6.45) is 6.61. The predicted octanol–water partition coefficient (Wildman–Crippen LogP) is 2.68. The van der Waals surface area contributed by atoms with Gasteiger partial charge in [-0.1, -0.05) is 11.3 Å². The summed E-state index contributed by atoms with van der Waals surface area (Å²) in [6.45, 7) is 5.91. The number of hydrogen-bond donors (Lipinski definition) is 0. The fourth-order valence-corrected chi connectivity index (χ4v) is 5.29. The summed E-state index contributed by atoms with van der Waals surface area (Å²) < 4.78 is 4.98. The standard InChI is InChI=1S/C21H27N5O3S/c1-14-23-24-18(30-14)16-5-9-22-13-17(16)25-11-6-15(7-12-25)19(27)26-10-4-8-21(26,2)20(28)29-3/h5,9,13,15H,4,6-8,10-12H2,1-3H3. The van der Waals surface area contributed by atoms with Gasteiger partial charge in [0.1, 0.15) is 15.6 Å². The van der Waals surface area contributed by atoms with Crippen LogP contribution in [-0.2, 0) is 14.3 Å². The lowest BCUT2D eigenvalue weighted by atomic mass is 9.92. The molecule has 0 N–H and O–H groups in total. The van der Waals surface area contributed by atoms with Gasteiger partial charge in [-0.15, -0.1) is 10.2 Å². The summed E-state index contributed by atoms with van der Waals surface area (Å²) in [6, 6.07) is 1.97. The predicted molar refractivity (Wildman–Crippen MR) is 114 cm³/mol. The number of esters is 1. The number of aryl methyl sites for hydroxylation is 1. The molecule has 2 aromatic heterocycles. The minimum atomic E-state index is -0.838. The first-order valence-corrected chi connectivity index (χ1v) is 11.1. The summed E-state index contributed by atoms with van der Waals surface area (Å²) in [4.78, 5) is 33.9. The molecule has 1 atom stereocenters. The summed E-state index contributed by atoms with van der Waals surface area (Å²) in [5.74, 6) is -0.323. The Labute approximate surface area is 180 Å². The number of anilines is 1. The van der Waals surface area contributed by atoms with Crippen LogP contribution < -0.4 is 4.90 Å². The highest BCUT2D eigenvalue weighted by atomic mass is 32.1. The van der Waals surface area contributed by atoms with Crippen LogP contribution in [0.4, 0.5) is 5.69 Å². The number of carbonyl (C=O) groups excluding carboxylic acids is 2. The van der Waals surface area contributed by atoms with Gasteiger partial charge >= 0.3 is 5.97 Å². The molecule has 4 heterocycles. The summed E-state index contributed by atoms with van der Waals surface area (Å²) in [7, 11) is 1.39. The lowest BCUT2D eigenvalue weighted by Crippen LogP contribution is -2.54. The van der Waals surface area contributed by atoms with Crippen LogP contribution in [0.25, 0.3) is 10.6 Å². The lowest BCUT2D eigenvalue weighted by Gasteiger charge is -2.38. The van der Waals surface area contributed by atoms with Crippen LogP contribution >= 0.6 is 11.3 Å². The van der Waals surface area contributed by atoms with Gasteiger partial charge in [0.15, 0.2) is 0 Å². The summed E-state index contributed by atoms with van der Waals surface area (Å²) in [5.41, 5.74) is 1.22. The first-order valence-electron chi connectivity index (χ1n) is 10.3. The van der Waals surface area contributed by atoms with E-state index in [0.717, 1.165) is 53.6 Å². The molecular weight excluding hydrogens is 402 g/mol. The first kappa shape index (κ1) is 20.7. The molecule has 9 heteroatoms. The Kier molecular flexibility index (Phi) is 5.73. The van der Waals surface area contributed by atoms with E-state index in [2.05, 4.69) is 20.1 Å². The van der Waals surface area contributed by atoms with Gasteiger partial charge in [-0.2, -0.15) is 0 Å². The van der Waals surface area contributed by atoms with Crippen molar-refractivity contribution in [3.8, 4) is 10.6 Å². The highest BCUT2D eigenvalue weighted by molar-refractivity contribution is 7.14. The molecule has 0 aromatic carbocycles. The third-order valence-electron chi connectivity index (χ3n) is 6.27. The molecule has 4 rings (SSSR count). The van der Waals surface area contributed by atoms with Gasteiger partial charge in [-0.25, -0.2) is 4.79 Å². The Bertz CT molecular complexity index is 940. The molecule has 0 bridgehead atoms. The van der Waals surface area contributed by atoms with Crippen LogP contribution in [0.5, 0.6) is 0 Å². The second-order valence-electron chi connectivity index (χ2n) is 8.14. The molecular formula is C21H27N5O3S. The van der Waals surface area contributed by atoms with Gasteiger partial charge in [0.05, 0.1) is 19.0 Å². The Balaban J connectivity index is 1.46. The molecule has 2 aliphatic heterocycles. The number of amides is 1. The maximum atomic E-state index is 13.2. The van der Waals surface area contributed by atoms with Gasteiger partial charge in [-0.3, -0.25) is 9.78 Å². The highest BCUT2D eigenvalue weighted by Crippen LogP contribution is 2.36. The number of carbonyl (C=O) groups is 2. The van der Waals surface area contributed by atoms with Crippen molar-refractivity contribution in [2.24, 2.45) is 5.92 Å². The van der Waals surface area contributed by atoms with Crippen molar-refractivity contribution in [2.75, 3.05) is 31.6 Å². The fourth-order valence-electron chi connectivity index (χ4n) is 4.56. The molecule has 0 saturated carbocycles. The van der Waals surface area contributed by atoms with E-state index < -0.39 is 5.54 Å². The zero-order valence-electron chi connectivity index (χ0n) is 17.6. The number of piperidine rings is 1. The minimum Gasteiger partial charge on any atom is -0.467 e. The van der Waals surface area contributed by atoms with E-state index in [1.807, 2.05) is 26.1 Å². The molecule has 2 aliphatic rings. The molecule has 0 spiro atoms. The molecule has 160 valence electrons. The second-order valence-corrected chi connectivity index (χ2v) is 9.32. The zero-order valence-corrected chi connectivity index (χ0v) is 18.4. The molecule has 0 radical (unpaired) electrons. The molecule has 1 unspecified atom stereocenters. The van der Waals surface area contributed by atoms with Crippen molar-refractivity contribution in [1.29, 1.82) is 0 Å². The molecule has 2 fully saturated rings. The number of nitrogens with zero attached hydrogens (tertiary/aromatic N) is 5. The molecule has 2 aromatic rings. The monoisotopic (exact) mass is 429 g/mol. The number of aromatic nitrogens is 3. The third-order valence-corrected chi connectivity index (χ3v) is 7.15. The largest absolute Gasteiger partial charge is 0.467 e. The molecule has 8 nitrogen and oxygen atoms in total. The normalized spacial score (nSPS) is 22.4. The summed E-state index contributed by atoms with van der Waals surface area (Å²) >= 11 is 1.56. The maximum Gasteiger partial charge on any atom is 0.331 e. The van der Waals surface area contributed by atoms with Gasteiger partial charge in [0.25, 0.3) is 0 Å². The number of pyridine rings is 1. The van der Waals surface area contributed by atoms with Crippen molar-refractivity contribution >= 4 is 28.9 Å². The quantitative estimate of drug-likeness (QED) is 0.691. The van der Waals surface area contributed by atoms with E-state index in [4.69, 9.17) is 4.74 Å². The van der Waals surface area contributed by atoms with Crippen LogP contribution in [0, 0.1) is 12.8 Å². The van der Waals surface area contributed by atoms with E-state index in [1.54, 1.807) is 22.4 Å². The van der Waals surface area contributed by atoms with Gasteiger partial charge in [-0.05, 0) is 45.6 Å². The van der Waals surface area contributed by atoms with E-state index in [9.17, 15) is 9.59 Å². The topological polar surface area (TPSA) is 88.5 Å². The SMILES string of the molecule is COC(=O)C1(C)CCCN1C(=O)C1CCN(c2cnccc2-c2nnc(C)s2)CC1. The van der Waals surface area contributed by atoms with E-state index in [-0.39, 0.29) is 17.8 Å². The highest BCUT2D eigenvalue weighted by Gasteiger charge is 2.48. The van der Waals surface area contributed by atoms with Crippen LogP contribution in [-0.4, -0.2) is 64.2 Å². The van der Waals surface area contributed by atoms with E-state index >= 15 is 0 Å². The zero-order chi connectivity index (χ0) is 21.3. The number of hydrogen-bond acceptors (Lipinski definition) is 8. The van der Waals surface area contributed by atoms with Gasteiger partial charge < -0.3 is 14.5 Å². The van der Waals surface area contributed by atoms with Crippen LogP contribution in [0.3, 0.4) is 0 Å². The van der Waals surface area contributed by atoms with Gasteiger partial charge in [0, 0.05) is 37.3 Å². The average molecular weight is 430 g/mol. The molecule has 1 amide bonds. The first-order chi connectivity index (χ1) is 14.4. The molecule has 0 aliphatic carbocycles. The Morgan fingerprint density at radius 2 is 2.00 bits per heavy atom. The van der Waals surface area contributed by atoms with Crippen molar-refractivity contribution < 1.29 is 14.3 Å².